The van der Waals surface area contributed by atoms with Crippen LogP contribution in [0, 0.1) is 5.92 Å². The maximum absolute atomic E-state index is 12.7. The summed E-state index contributed by atoms with van der Waals surface area (Å²) < 4.78 is 0. The summed E-state index contributed by atoms with van der Waals surface area (Å²) >= 11 is 0. The average Bonchev–Trinajstić information content (AvgIpc) is 2.68. The Morgan fingerprint density at radius 3 is 2.69 bits per heavy atom. The minimum Gasteiger partial charge on any atom is -0.481 e. The van der Waals surface area contributed by atoms with Crippen LogP contribution in [0.5, 0.6) is 0 Å². The Kier molecular flexibility index (Phi) is 5.26. The van der Waals surface area contributed by atoms with Gasteiger partial charge in [0.05, 0.1) is 11.5 Å². The van der Waals surface area contributed by atoms with Gasteiger partial charge in [0.25, 0.3) is 11.8 Å². The number of carbonyl (C=O) groups excluding carboxylic acids is 2. The highest BCUT2D eigenvalue weighted by atomic mass is 16.4. The van der Waals surface area contributed by atoms with Crippen LogP contribution in [0.2, 0.25) is 0 Å². The minimum absolute atomic E-state index is 0.209. The van der Waals surface area contributed by atoms with Crippen LogP contribution in [0.1, 0.15) is 33.6 Å². The fraction of sp³-hybridized carbons (Fsp3) is 0.263. The van der Waals surface area contributed by atoms with Crippen molar-refractivity contribution in [2.45, 2.75) is 12.8 Å². The van der Waals surface area contributed by atoms with Gasteiger partial charge in [-0.2, -0.15) is 0 Å². The van der Waals surface area contributed by atoms with Gasteiger partial charge in [0, 0.05) is 36.7 Å². The van der Waals surface area contributed by atoms with Crippen LogP contribution in [-0.4, -0.2) is 45.9 Å². The highest BCUT2D eigenvalue weighted by molar-refractivity contribution is 6.05. The maximum atomic E-state index is 12.7. The van der Waals surface area contributed by atoms with Crippen molar-refractivity contribution in [2.24, 2.45) is 5.92 Å². The Balaban J connectivity index is 1.71. The Morgan fingerprint density at radius 1 is 1.15 bits per heavy atom. The molecule has 1 fully saturated rings. The van der Waals surface area contributed by atoms with E-state index in [0.717, 1.165) is 0 Å². The number of rotatable bonds is 4. The second-order valence-electron chi connectivity index (χ2n) is 6.21. The third kappa shape index (κ3) is 4.05. The van der Waals surface area contributed by atoms with Gasteiger partial charge in [0.15, 0.2) is 0 Å². The lowest BCUT2D eigenvalue weighted by Crippen LogP contribution is -2.42. The van der Waals surface area contributed by atoms with E-state index in [1.165, 1.54) is 6.20 Å². The molecule has 1 aromatic carbocycles. The van der Waals surface area contributed by atoms with E-state index in [-0.39, 0.29) is 18.4 Å². The molecule has 1 aromatic heterocycles. The van der Waals surface area contributed by atoms with Crippen molar-refractivity contribution >= 4 is 23.5 Å². The van der Waals surface area contributed by atoms with E-state index >= 15 is 0 Å². The molecule has 3 rings (SSSR count). The number of amides is 2. The van der Waals surface area contributed by atoms with E-state index in [9.17, 15) is 14.4 Å². The Hall–Kier alpha value is -3.22. The molecule has 0 radical (unpaired) electrons. The van der Waals surface area contributed by atoms with E-state index in [1.54, 1.807) is 47.5 Å². The first-order chi connectivity index (χ1) is 12.5. The van der Waals surface area contributed by atoms with Crippen LogP contribution >= 0.6 is 0 Å². The van der Waals surface area contributed by atoms with Gasteiger partial charge in [-0.25, -0.2) is 0 Å². The van der Waals surface area contributed by atoms with Crippen molar-refractivity contribution in [1.82, 2.24) is 9.88 Å². The smallest absolute Gasteiger partial charge is 0.308 e. The summed E-state index contributed by atoms with van der Waals surface area (Å²) in [6.07, 6.45) is 4.30. The standard InChI is InChI=1S/C19H19N3O4/c23-17(14-5-2-8-20-11-14)21-16-7-1-4-13(10-16)18(24)22-9-3-6-15(12-22)19(25)26/h1-2,4-5,7-8,10-11,15H,3,6,9,12H2,(H,21,23)(H,25,26)/t15-/m0/s1. The number of carbonyl (C=O) groups is 3. The quantitative estimate of drug-likeness (QED) is 0.878. The first-order valence-corrected chi connectivity index (χ1v) is 8.38. The molecule has 0 aliphatic carbocycles. The number of benzene rings is 1. The maximum Gasteiger partial charge on any atom is 0.308 e. The van der Waals surface area contributed by atoms with E-state index in [1.807, 2.05) is 0 Å². The zero-order valence-corrected chi connectivity index (χ0v) is 14.1. The Bertz CT molecular complexity index is 823. The molecule has 7 nitrogen and oxygen atoms in total. The van der Waals surface area contributed by atoms with Crippen molar-refractivity contribution in [3.8, 4) is 0 Å². The summed E-state index contributed by atoms with van der Waals surface area (Å²) in [5.74, 6) is -1.94. The summed E-state index contributed by atoms with van der Waals surface area (Å²) in [5.41, 5.74) is 1.33. The molecule has 2 aromatic rings. The van der Waals surface area contributed by atoms with Gasteiger partial charge in [0.2, 0.25) is 0 Å². The first-order valence-electron chi connectivity index (χ1n) is 8.38. The number of aromatic nitrogens is 1. The van der Waals surface area contributed by atoms with Crippen LogP contribution in [0.15, 0.2) is 48.8 Å². The van der Waals surface area contributed by atoms with E-state index in [4.69, 9.17) is 5.11 Å². The number of piperidine rings is 1. The lowest BCUT2D eigenvalue weighted by atomic mass is 9.97. The molecule has 1 atom stereocenters. The van der Waals surface area contributed by atoms with Crippen LogP contribution < -0.4 is 5.32 Å². The number of nitrogens with one attached hydrogen (secondary N) is 1. The molecule has 0 spiro atoms. The van der Waals surface area contributed by atoms with Crippen molar-refractivity contribution in [3.05, 3.63) is 59.9 Å². The zero-order chi connectivity index (χ0) is 18.5. The molecule has 1 aliphatic rings. The van der Waals surface area contributed by atoms with Crippen LogP contribution in [0.4, 0.5) is 5.69 Å². The predicted molar refractivity (Wildman–Crippen MR) is 94.9 cm³/mol. The lowest BCUT2D eigenvalue weighted by Gasteiger charge is -2.30. The van der Waals surface area contributed by atoms with E-state index in [2.05, 4.69) is 10.3 Å². The molecule has 0 saturated carbocycles. The van der Waals surface area contributed by atoms with Gasteiger partial charge in [-0.3, -0.25) is 19.4 Å². The molecule has 0 unspecified atom stereocenters. The molecular weight excluding hydrogens is 334 g/mol. The summed E-state index contributed by atoms with van der Waals surface area (Å²) in [6.45, 7) is 0.745. The van der Waals surface area contributed by atoms with Crippen molar-refractivity contribution in [3.63, 3.8) is 0 Å². The van der Waals surface area contributed by atoms with Gasteiger partial charge in [-0.1, -0.05) is 6.07 Å². The fourth-order valence-corrected chi connectivity index (χ4v) is 2.98. The number of nitrogens with zero attached hydrogens (tertiary/aromatic N) is 2. The zero-order valence-electron chi connectivity index (χ0n) is 14.1. The predicted octanol–water partition coefficient (Wildman–Crippen LogP) is 2.27. The fourth-order valence-electron chi connectivity index (χ4n) is 2.98. The molecule has 7 heteroatoms. The lowest BCUT2D eigenvalue weighted by molar-refractivity contribution is -0.143. The highest BCUT2D eigenvalue weighted by Gasteiger charge is 2.28. The largest absolute Gasteiger partial charge is 0.481 e. The summed E-state index contributed by atoms with van der Waals surface area (Å²) in [5, 5.41) is 11.9. The summed E-state index contributed by atoms with van der Waals surface area (Å²) in [6, 6.07) is 9.96. The SMILES string of the molecule is O=C(Nc1cccc(C(=O)N2CCC[C@H](C(=O)O)C2)c1)c1cccnc1. The number of anilines is 1. The van der Waals surface area contributed by atoms with Crippen LogP contribution in [0.3, 0.4) is 0 Å². The third-order valence-corrected chi connectivity index (χ3v) is 4.35. The molecule has 1 saturated heterocycles. The van der Waals surface area contributed by atoms with Gasteiger partial charge < -0.3 is 15.3 Å². The van der Waals surface area contributed by atoms with Crippen molar-refractivity contribution < 1.29 is 19.5 Å². The topological polar surface area (TPSA) is 99.6 Å². The second kappa shape index (κ2) is 7.77. The Morgan fingerprint density at radius 2 is 1.96 bits per heavy atom. The van der Waals surface area contributed by atoms with Gasteiger partial charge in [0.1, 0.15) is 0 Å². The number of likely N-dealkylation sites (tertiary alicyclic amines) is 1. The third-order valence-electron chi connectivity index (χ3n) is 4.35. The van der Waals surface area contributed by atoms with Crippen molar-refractivity contribution in [2.75, 3.05) is 18.4 Å². The van der Waals surface area contributed by atoms with Crippen molar-refractivity contribution in [1.29, 1.82) is 0 Å². The van der Waals surface area contributed by atoms with Gasteiger partial charge in [-0.05, 0) is 43.2 Å². The molecule has 134 valence electrons. The summed E-state index contributed by atoms with van der Waals surface area (Å²) in [7, 11) is 0. The monoisotopic (exact) mass is 353 g/mol. The molecule has 1 aliphatic heterocycles. The molecule has 26 heavy (non-hydrogen) atoms. The van der Waals surface area contributed by atoms with E-state index < -0.39 is 11.9 Å². The minimum atomic E-state index is -0.875. The molecule has 0 bridgehead atoms. The van der Waals surface area contributed by atoms with Crippen LogP contribution in [-0.2, 0) is 4.79 Å². The van der Waals surface area contributed by atoms with Gasteiger partial charge in [-0.15, -0.1) is 0 Å². The molecule has 2 amide bonds. The second-order valence-corrected chi connectivity index (χ2v) is 6.21. The molecule has 2 N–H and O–H groups in total. The van der Waals surface area contributed by atoms with E-state index in [0.29, 0.717) is 36.2 Å². The number of carboxylic acid groups (broad SMARTS) is 1. The molecule has 2 heterocycles. The average molecular weight is 353 g/mol. The number of carboxylic acids is 1. The normalized spacial score (nSPS) is 16.8. The molecular formula is C19H19N3O4. The number of pyridine rings is 1. The van der Waals surface area contributed by atoms with Crippen LogP contribution in [0.25, 0.3) is 0 Å². The number of hydrogen-bond donors (Lipinski definition) is 2. The number of aliphatic carboxylic acids is 1. The highest BCUT2D eigenvalue weighted by Crippen LogP contribution is 2.20. The summed E-state index contributed by atoms with van der Waals surface area (Å²) in [4.78, 5) is 41.5. The Labute approximate surface area is 150 Å². The number of hydrogen-bond acceptors (Lipinski definition) is 4. The van der Waals surface area contributed by atoms with Gasteiger partial charge >= 0.3 is 5.97 Å². The first kappa shape index (κ1) is 17.6.